The monoisotopic (exact) mass is 470 g/mol. The van der Waals surface area contributed by atoms with Crippen LogP contribution in [0.3, 0.4) is 0 Å². The van der Waals surface area contributed by atoms with E-state index in [1.165, 1.54) is 63.2 Å². The van der Waals surface area contributed by atoms with Gasteiger partial charge in [0.05, 0.1) is 28.9 Å². The minimum absolute atomic E-state index is 0.0484. The normalized spacial score (nSPS) is 16.4. The van der Waals surface area contributed by atoms with Gasteiger partial charge in [-0.3, -0.25) is 14.5 Å². The van der Waals surface area contributed by atoms with Crippen molar-refractivity contribution in [1.82, 2.24) is 10.2 Å². The van der Waals surface area contributed by atoms with Gasteiger partial charge in [0.15, 0.2) is 5.78 Å². The fraction of sp³-hybridized carbons (Fsp3) is 0.250. The highest BCUT2D eigenvalue weighted by Gasteiger charge is 2.41. The molecule has 2 aromatic carbocycles. The third-order valence-corrected chi connectivity index (χ3v) is 5.64. The van der Waals surface area contributed by atoms with Crippen LogP contribution in [0.4, 0.5) is 23.7 Å². The molecular weight excluding hydrogens is 449 g/mol. The second-order valence-electron chi connectivity index (χ2n) is 7.73. The zero-order valence-electron chi connectivity index (χ0n) is 18.8. The molecule has 1 unspecified atom stereocenters. The molecule has 3 amide bonds. The number of rotatable bonds is 4. The number of hydrogen-bond donors (Lipinski definition) is 1. The van der Waals surface area contributed by atoms with Crippen molar-refractivity contribution < 1.29 is 27.6 Å². The fourth-order valence-electron chi connectivity index (χ4n) is 4.06. The lowest BCUT2D eigenvalue weighted by molar-refractivity contribution is -0.137. The average Bonchev–Trinajstić information content (AvgIpc) is 2.79. The van der Waals surface area contributed by atoms with Crippen LogP contribution < -0.4 is 10.2 Å². The molecule has 1 aliphatic rings. The lowest BCUT2D eigenvalue weighted by Crippen LogP contribution is -2.49. The van der Waals surface area contributed by atoms with Gasteiger partial charge in [0, 0.05) is 30.9 Å². The Morgan fingerprint density at radius 2 is 1.82 bits per heavy atom. The standard InChI is InChI=1S/C24H21F3N4O3/c1-13-20(14(2)32)21(18-9-8-15(12-28)10-19(18)22(33)29-3)30(4)23(34)31(13)17-7-5-6-16(11-17)24(25,26)27/h5-11,21H,1-4H3,(H,29,33). The van der Waals surface area contributed by atoms with Crippen LogP contribution >= 0.6 is 0 Å². The Bertz CT molecular complexity index is 1260. The maximum Gasteiger partial charge on any atom is 0.416 e. The summed E-state index contributed by atoms with van der Waals surface area (Å²) in [7, 11) is 2.80. The number of amides is 3. The molecule has 3 rings (SSSR count). The van der Waals surface area contributed by atoms with Crippen LogP contribution in [-0.2, 0) is 11.0 Å². The zero-order chi connectivity index (χ0) is 25.4. The van der Waals surface area contributed by atoms with Gasteiger partial charge < -0.3 is 10.2 Å². The quantitative estimate of drug-likeness (QED) is 0.716. The lowest BCUT2D eigenvalue weighted by Gasteiger charge is -2.41. The summed E-state index contributed by atoms with van der Waals surface area (Å²) < 4.78 is 39.8. The molecule has 0 aromatic heterocycles. The smallest absolute Gasteiger partial charge is 0.355 e. The molecule has 1 atom stereocenters. The van der Waals surface area contributed by atoms with E-state index in [1.807, 2.05) is 6.07 Å². The first-order chi connectivity index (χ1) is 15.9. The topological polar surface area (TPSA) is 93.5 Å². The Labute approximate surface area is 194 Å². The van der Waals surface area contributed by atoms with Crippen molar-refractivity contribution in [2.75, 3.05) is 19.0 Å². The predicted octanol–water partition coefficient (Wildman–Crippen LogP) is 4.41. The average molecular weight is 470 g/mol. The first kappa shape index (κ1) is 24.5. The van der Waals surface area contributed by atoms with E-state index in [4.69, 9.17) is 0 Å². The molecule has 176 valence electrons. The first-order valence-corrected chi connectivity index (χ1v) is 10.1. The lowest BCUT2D eigenvalue weighted by atomic mass is 9.87. The highest BCUT2D eigenvalue weighted by molar-refractivity contribution is 6.06. The number of carbonyl (C=O) groups excluding carboxylic acids is 3. The Hall–Kier alpha value is -4.13. The third-order valence-electron chi connectivity index (χ3n) is 5.64. The number of allylic oxidation sites excluding steroid dienone is 1. The minimum Gasteiger partial charge on any atom is -0.355 e. The fourth-order valence-corrected chi connectivity index (χ4v) is 4.06. The second kappa shape index (κ2) is 9.02. The summed E-state index contributed by atoms with van der Waals surface area (Å²) in [6.45, 7) is 2.75. The van der Waals surface area contributed by atoms with E-state index in [0.29, 0.717) is 5.56 Å². The molecule has 10 heteroatoms. The molecule has 0 fully saturated rings. The van der Waals surface area contributed by atoms with E-state index in [9.17, 15) is 32.8 Å². The summed E-state index contributed by atoms with van der Waals surface area (Å²) in [5.74, 6) is -0.945. The number of Topliss-reactive ketones (excluding diaryl/α,β-unsaturated/α-hetero) is 1. The van der Waals surface area contributed by atoms with Gasteiger partial charge in [0.1, 0.15) is 0 Å². The van der Waals surface area contributed by atoms with Crippen molar-refractivity contribution in [1.29, 1.82) is 5.26 Å². The molecule has 2 aromatic rings. The van der Waals surface area contributed by atoms with Crippen LogP contribution in [0.2, 0.25) is 0 Å². The summed E-state index contributed by atoms with van der Waals surface area (Å²) in [5.41, 5.74) is -0.0847. The predicted molar refractivity (Wildman–Crippen MR) is 118 cm³/mol. The zero-order valence-corrected chi connectivity index (χ0v) is 18.8. The van der Waals surface area contributed by atoms with Gasteiger partial charge in [-0.25, -0.2) is 4.79 Å². The van der Waals surface area contributed by atoms with E-state index < -0.39 is 35.5 Å². The molecule has 7 nitrogen and oxygen atoms in total. The number of urea groups is 1. The molecule has 0 saturated heterocycles. The van der Waals surface area contributed by atoms with Gasteiger partial charge >= 0.3 is 12.2 Å². The highest BCUT2D eigenvalue weighted by atomic mass is 19.4. The van der Waals surface area contributed by atoms with Crippen LogP contribution in [0.25, 0.3) is 0 Å². The van der Waals surface area contributed by atoms with E-state index in [-0.39, 0.29) is 28.1 Å². The molecule has 34 heavy (non-hydrogen) atoms. The highest BCUT2D eigenvalue weighted by Crippen LogP contribution is 2.41. The van der Waals surface area contributed by atoms with Crippen LogP contribution in [0.15, 0.2) is 53.7 Å². The molecule has 0 radical (unpaired) electrons. The summed E-state index contributed by atoms with van der Waals surface area (Å²) in [6.07, 6.45) is -4.62. The molecule has 1 N–H and O–H groups in total. The Kier molecular flexibility index (Phi) is 6.50. The number of nitriles is 1. The van der Waals surface area contributed by atoms with E-state index in [1.54, 1.807) is 0 Å². The van der Waals surface area contributed by atoms with Crippen LogP contribution in [-0.4, -0.2) is 36.7 Å². The summed E-state index contributed by atoms with van der Waals surface area (Å²) in [4.78, 5) is 41.0. The molecule has 0 bridgehead atoms. The number of benzene rings is 2. The van der Waals surface area contributed by atoms with Gasteiger partial charge in [0.2, 0.25) is 0 Å². The Balaban J connectivity index is 2.26. The van der Waals surface area contributed by atoms with Gasteiger partial charge in [-0.15, -0.1) is 0 Å². The first-order valence-electron chi connectivity index (χ1n) is 10.1. The summed E-state index contributed by atoms with van der Waals surface area (Å²) >= 11 is 0. The van der Waals surface area contributed by atoms with E-state index >= 15 is 0 Å². The number of anilines is 1. The van der Waals surface area contributed by atoms with Crippen molar-refractivity contribution in [3.05, 3.63) is 76.0 Å². The van der Waals surface area contributed by atoms with Crippen LogP contribution in [0.1, 0.15) is 46.9 Å². The Morgan fingerprint density at radius 1 is 1.15 bits per heavy atom. The molecular formula is C24H21F3N4O3. The number of nitrogens with zero attached hydrogens (tertiary/aromatic N) is 3. The van der Waals surface area contributed by atoms with Crippen molar-refractivity contribution >= 4 is 23.4 Å². The number of likely N-dealkylation sites (N-methyl/N-ethyl adjacent to an activating group) is 1. The van der Waals surface area contributed by atoms with Crippen LogP contribution in [0, 0.1) is 11.3 Å². The molecule has 1 heterocycles. The summed E-state index contributed by atoms with van der Waals surface area (Å²) in [5, 5.41) is 11.7. The number of alkyl halides is 3. The van der Waals surface area contributed by atoms with Gasteiger partial charge in [-0.1, -0.05) is 12.1 Å². The second-order valence-corrected chi connectivity index (χ2v) is 7.73. The maximum absolute atomic E-state index is 13.4. The third kappa shape index (κ3) is 4.24. The summed E-state index contributed by atoms with van der Waals surface area (Å²) in [6, 6.07) is 8.85. The van der Waals surface area contributed by atoms with Crippen molar-refractivity contribution in [3.8, 4) is 6.07 Å². The number of nitrogens with one attached hydrogen (secondary N) is 1. The maximum atomic E-state index is 13.4. The van der Waals surface area contributed by atoms with Gasteiger partial charge in [-0.2, -0.15) is 18.4 Å². The molecule has 0 spiro atoms. The van der Waals surface area contributed by atoms with Crippen molar-refractivity contribution in [2.45, 2.75) is 26.1 Å². The molecule has 0 saturated carbocycles. The number of hydrogen-bond acceptors (Lipinski definition) is 4. The van der Waals surface area contributed by atoms with E-state index in [0.717, 1.165) is 17.0 Å². The van der Waals surface area contributed by atoms with Crippen molar-refractivity contribution in [3.63, 3.8) is 0 Å². The number of halogens is 3. The van der Waals surface area contributed by atoms with Gasteiger partial charge in [-0.05, 0) is 49.7 Å². The van der Waals surface area contributed by atoms with E-state index in [2.05, 4.69) is 5.32 Å². The molecule has 0 aliphatic carbocycles. The van der Waals surface area contributed by atoms with Crippen LogP contribution in [0.5, 0.6) is 0 Å². The number of ketones is 1. The van der Waals surface area contributed by atoms with Gasteiger partial charge in [0.25, 0.3) is 5.91 Å². The minimum atomic E-state index is -4.62. The van der Waals surface area contributed by atoms with Crippen molar-refractivity contribution in [2.24, 2.45) is 0 Å². The number of carbonyl (C=O) groups is 3. The Morgan fingerprint density at radius 3 is 2.38 bits per heavy atom. The SMILES string of the molecule is CNC(=O)c1cc(C#N)ccc1C1C(C(C)=O)=C(C)N(c2cccc(C(F)(F)F)c2)C(=O)N1C. The largest absolute Gasteiger partial charge is 0.416 e. The molecule has 1 aliphatic heterocycles.